The number of carboxylic acids is 2. The maximum atomic E-state index is 11.9. The van der Waals surface area contributed by atoms with Crippen molar-refractivity contribution < 1.29 is 34.3 Å². The molecule has 1 aromatic carbocycles. The minimum atomic E-state index is -1.44. The molecule has 3 N–H and O–H groups in total. The molecule has 0 amide bonds. The van der Waals surface area contributed by atoms with Gasteiger partial charge in [0, 0.05) is 24.8 Å². The number of carbonyl (C=O) groups excluding carboxylic acids is 1. The van der Waals surface area contributed by atoms with E-state index in [1.807, 2.05) is 0 Å². The monoisotopic (exact) mass is 376 g/mol. The Morgan fingerprint density at radius 2 is 1.85 bits per heavy atom. The number of benzene rings is 1. The quantitative estimate of drug-likeness (QED) is 0.380. The number of allylic oxidation sites excluding steroid dienone is 1. The first kappa shape index (κ1) is 19.6. The van der Waals surface area contributed by atoms with Gasteiger partial charge in [-0.2, -0.15) is 0 Å². The Kier molecular flexibility index (Phi) is 5.59. The van der Waals surface area contributed by atoms with Crippen molar-refractivity contribution in [2.75, 3.05) is 6.61 Å². The van der Waals surface area contributed by atoms with E-state index in [0.717, 1.165) is 13.0 Å². The largest absolute Gasteiger partial charge is 0.478 e. The zero-order valence-corrected chi connectivity index (χ0v) is 14.4. The Morgan fingerprint density at radius 1 is 1.22 bits per heavy atom. The molecule has 0 radical (unpaired) electrons. The fraction of sp³-hybridized carbons (Fsp3) is 0.235. The highest BCUT2D eigenvalue weighted by atomic mass is 16.6. The van der Waals surface area contributed by atoms with Crippen LogP contribution in [0.25, 0.3) is 0 Å². The number of hydrogen-bond donors (Lipinski definition) is 3. The lowest BCUT2D eigenvalue weighted by atomic mass is 9.80. The summed E-state index contributed by atoms with van der Waals surface area (Å²) in [5.74, 6) is -4.74. The first-order chi connectivity index (χ1) is 12.6. The topological polar surface area (TPSA) is 156 Å². The zero-order valence-electron chi connectivity index (χ0n) is 14.4. The maximum absolute atomic E-state index is 11.9. The van der Waals surface area contributed by atoms with E-state index in [0.29, 0.717) is 0 Å². The summed E-state index contributed by atoms with van der Waals surface area (Å²) in [6, 6.07) is 5.09. The van der Waals surface area contributed by atoms with Crippen LogP contribution in [-0.2, 0) is 19.1 Å². The van der Waals surface area contributed by atoms with Gasteiger partial charge in [0.05, 0.1) is 27.7 Å². The summed E-state index contributed by atoms with van der Waals surface area (Å²) < 4.78 is 4.85. The number of non-ortho nitro benzene ring substituents is 1. The van der Waals surface area contributed by atoms with Gasteiger partial charge in [0.25, 0.3) is 5.69 Å². The van der Waals surface area contributed by atoms with Crippen molar-refractivity contribution in [2.45, 2.75) is 19.8 Å². The fourth-order valence-corrected chi connectivity index (χ4v) is 2.87. The van der Waals surface area contributed by atoms with Gasteiger partial charge in [0.2, 0.25) is 0 Å². The standard InChI is InChI=1S/C17H16N2O8/c1-8-13(16(21)22)14(10-4-3-5-11(6-10)19(25)26)15(17(23)24)12(18-8)7-27-9(2)20/h3-6,14,18H,7H2,1-2H3,(H,21,22)(H,23,24). The molecule has 1 aromatic rings. The summed E-state index contributed by atoms with van der Waals surface area (Å²) in [6.07, 6.45) is 0. The third-order valence-corrected chi connectivity index (χ3v) is 3.94. The van der Waals surface area contributed by atoms with E-state index in [1.54, 1.807) is 0 Å². The molecule has 1 aliphatic heterocycles. The summed E-state index contributed by atoms with van der Waals surface area (Å²) in [6.45, 7) is 2.17. The highest BCUT2D eigenvalue weighted by Gasteiger charge is 2.38. The molecule has 1 atom stereocenters. The number of carboxylic acid groups (broad SMARTS) is 2. The van der Waals surface area contributed by atoms with Crippen LogP contribution in [0, 0.1) is 10.1 Å². The van der Waals surface area contributed by atoms with Crippen molar-refractivity contribution in [1.29, 1.82) is 0 Å². The maximum Gasteiger partial charge on any atom is 0.334 e. The van der Waals surface area contributed by atoms with Gasteiger partial charge in [0.1, 0.15) is 6.61 Å². The average molecular weight is 376 g/mol. The molecule has 0 fully saturated rings. The molecular weight excluding hydrogens is 360 g/mol. The van der Waals surface area contributed by atoms with Gasteiger partial charge in [-0.25, -0.2) is 9.59 Å². The lowest BCUT2D eigenvalue weighted by Crippen LogP contribution is -2.33. The van der Waals surface area contributed by atoms with Crippen molar-refractivity contribution in [2.24, 2.45) is 0 Å². The van der Waals surface area contributed by atoms with Crippen LogP contribution in [0.1, 0.15) is 25.3 Å². The van der Waals surface area contributed by atoms with Crippen molar-refractivity contribution in [3.63, 3.8) is 0 Å². The molecule has 10 heteroatoms. The van der Waals surface area contributed by atoms with Crippen LogP contribution < -0.4 is 5.32 Å². The molecule has 1 heterocycles. The highest BCUT2D eigenvalue weighted by molar-refractivity contribution is 5.98. The molecule has 1 unspecified atom stereocenters. The Hall–Kier alpha value is -3.69. The lowest BCUT2D eigenvalue weighted by Gasteiger charge is -2.29. The smallest absolute Gasteiger partial charge is 0.334 e. The van der Waals surface area contributed by atoms with E-state index in [4.69, 9.17) is 4.74 Å². The molecule has 27 heavy (non-hydrogen) atoms. The van der Waals surface area contributed by atoms with Gasteiger partial charge in [-0.1, -0.05) is 12.1 Å². The summed E-state index contributed by atoms with van der Waals surface area (Å²) >= 11 is 0. The van der Waals surface area contributed by atoms with Crippen LogP contribution in [-0.4, -0.2) is 39.7 Å². The number of rotatable bonds is 6. The molecule has 142 valence electrons. The fourth-order valence-electron chi connectivity index (χ4n) is 2.87. The van der Waals surface area contributed by atoms with Crippen molar-refractivity contribution in [3.8, 4) is 0 Å². The number of esters is 1. The molecule has 0 saturated heterocycles. The molecule has 0 aliphatic carbocycles. The zero-order chi connectivity index (χ0) is 20.3. The minimum Gasteiger partial charge on any atom is -0.478 e. The second kappa shape index (κ2) is 7.68. The number of nitro benzene ring substituents is 1. The summed E-state index contributed by atoms with van der Waals surface area (Å²) in [5.41, 5.74) is -0.665. The van der Waals surface area contributed by atoms with Crippen LogP contribution in [0.3, 0.4) is 0 Å². The summed E-state index contributed by atoms with van der Waals surface area (Å²) in [4.78, 5) is 45.2. The number of nitrogens with zero attached hydrogens (tertiary/aromatic N) is 1. The Bertz CT molecular complexity index is 900. The molecule has 0 aromatic heterocycles. The van der Waals surface area contributed by atoms with E-state index in [1.165, 1.54) is 25.1 Å². The van der Waals surface area contributed by atoms with Gasteiger partial charge < -0.3 is 20.3 Å². The Labute approximate surface area is 152 Å². The van der Waals surface area contributed by atoms with Crippen LogP contribution >= 0.6 is 0 Å². The second-order valence-corrected chi connectivity index (χ2v) is 5.73. The minimum absolute atomic E-state index is 0.00305. The van der Waals surface area contributed by atoms with Gasteiger partial charge in [0.15, 0.2) is 0 Å². The third-order valence-electron chi connectivity index (χ3n) is 3.94. The number of nitrogens with one attached hydrogen (secondary N) is 1. The first-order valence-corrected chi connectivity index (χ1v) is 7.68. The van der Waals surface area contributed by atoms with Gasteiger partial charge in [-0.05, 0) is 12.5 Å². The van der Waals surface area contributed by atoms with Crippen molar-refractivity contribution in [3.05, 3.63) is 62.5 Å². The molecular formula is C17H16N2O8. The number of hydrogen-bond acceptors (Lipinski definition) is 7. The second-order valence-electron chi connectivity index (χ2n) is 5.73. The Morgan fingerprint density at radius 3 is 2.37 bits per heavy atom. The molecule has 0 bridgehead atoms. The van der Waals surface area contributed by atoms with E-state index >= 15 is 0 Å². The summed E-state index contributed by atoms with van der Waals surface area (Å²) in [7, 11) is 0. The van der Waals surface area contributed by atoms with Crippen LogP contribution in [0.15, 0.2) is 46.8 Å². The molecule has 0 saturated carbocycles. The molecule has 2 rings (SSSR count). The Balaban J connectivity index is 2.70. The SMILES string of the molecule is CC(=O)OCC1=C(C(=O)O)C(c2cccc([N+](=O)[O-])c2)C(C(=O)O)=C(C)N1. The predicted octanol–water partition coefficient (Wildman–Crippen LogP) is 1.54. The number of ether oxygens (including phenoxy) is 1. The predicted molar refractivity (Wildman–Crippen MR) is 90.6 cm³/mol. The normalized spacial score (nSPS) is 16.6. The van der Waals surface area contributed by atoms with Crippen LogP contribution in [0.4, 0.5) is 5.69 Å². The van der Waals surface area contributed by atoms with E-state index < -0.39 is 35.4 Å². The van der Waals surface area contributed by atoms with E-state index in [2.05, 4.69) is 5.32 Å². The average Bonchev–Trinajstić information content (AvgIpc) is 2.58. The third kappa shape index (κ3) is 4.11. The number of aliphatic carboxylic acids is 2. The highest BCUT2D eigenvalue weighted by Crippen LogP contribution is 2.39. The number of nitro groups is 1. The lowest BCUT2D eigenvalue weighted by molar-refractivity contribution is -0.384. The van der Waals surface area contributed by atoms with Gasteiger partial charge >= 0.3 is 17.9 Å². The van der Waals surface area contributed by atoms with Gasteiger partial charge in [-0.3, -0.25) is 14.9 Å². The first-order valence-electron chi connectivity index (χ1n) is 7.68. The number of dihydropyridines is 1. The summed E-state index contributed by atoms with van der Waals surface area (Å²) in [5, 5.41) is 33.0. The van der Waals surface area contributed by atoms with E-state index in [9.17, 15) is 34.7 Å². The van der Waals surface area contributed by atoms with Crippen molar-refractivity contribution >= 4 is 23.6 Å². The van der Waals surface area contributed by atoms with Crippen LogP contribution in [0.5, 0.6) is 0 Å². The van der Waals surface area contributed by atoms with Crippen molar-refractivity contribution in [1.82, 2.24) is 5.32 Å². The molecule has 1 aliphatic rings. The van der Waals surface area contributed by atoms with Gasteiger partial charge in [-0.15, -0.1) is 0 Å². The van der Waals surface area contributed by atoms with Crippen LogP contribution in [0.2, 0.25) is 0 Å². The molecule has 10 nitrogen and oxygen atoms in total. The molecule has 0 spiro atoms. The number of carbonyl (C=O) groups is 3. The van der Waals surface area contributed by atoms with E-state index in [-0.39, 0.29) is 33.8 Å².